The molecule has 106 valence electrons. The fourth-order valence-corrected chi connectivity index (χ4v) is 2.56. The lowest BCUT2D eigenvalue weighted by atomic mass is 10.1. The van der Waals surface area contributed by atoms with Gasteiger partial charge in [-0.2, -0.15) is 0 Å². The van der Waals surface area contributed by atoms with Crippen molar-refractivity contribution in [2.24, 2.45) is 0 Å². The molecular weight excluding hydrogens is 270 g/mol. The van der Waals surface area contributed by atoms with E-state index in [1.165, 1.54) is 0 Å². The van der Waals surface area contributed by atoms with Gasteiger partial charge in [0, 0.05) is 12.3 Å². The Labute approximate surface area is 112 Å². The number of carboxylic acids is 1. The van der Waals surface area contributed by atoms with Crippen molar-refractivity contribution in [2.75, 3.05) is 17.1 Å². The highest BCUT2D eigenvalue weighted by molar-refractivity contribution is 7.92. The predicted molar refractivity (Wildman–Crippen MR) is 71.5 cm³/mol. The average Bonchev–Trinajstić information content (AvgIpc) is 2.34. The number of nitrogens with one attached hydrogen (secondary N) is 1. The summed E-state index contributed by atoms with van der Waals surface area (Å²) in [7, 11) is -3.65. The van der Waals surface area contributed by atoms with Crippen molar-refractivity contribution in [3.63, 3.8) is 0 Å². The molecule has 0 saturated carbocycles. The Morgan fingerprint density at radius 3 is 2.68 bits per heavy atom. The molecule has 0 aromatic heterocycles. The van der Waals surface area contributed by atoms with Gasteiger partial charge in [0.15, 0.2) is 0 Å². The molecule has 0 aliphatic rings. The fraction of sp³-hybridized carbons (Fsp3) is 0.417. The van der Waals surface area contributed by atoms with Gasteiger partial charge >= 0.3 is 5.97 Å². The number of aliphatic carboxylic acids is 1. The van der Waals surface area contributed by atoms with Gasteiger partial charge in [-0.3, -0.25) is 9.52 Å². The van der Waals surface area contributed by atoms with Crippen molar-refractivity contribution in [1.82, 2.24) is 0 Å². The second-order valence-corrected chi connectivity index (χ2v) is 5.93. The number of anilines is 1. The van der Waals surface area contributed by atoms with Crippen LogP contribution in [-0.4, -0.2) is 37.0 Å². The van der Waals surface area contributed by atoms with Crippen LogP contribution in [0.4, 0.5) is 5.69 Å². The molecule has 0 aliphatic heterocycles. The molecule has 3 N–H and O–H groups in total. The molecule has 1 rings (SSSR count). The molecule has 0 bridgehead atoms. The van der Waals surface area contributed by atoms with E-state index in [0.29, 0.717) is 18.5 Å². The molecule has 0 heterocycles. The van der Waals surface area contributed by atoms with Gasteiger partial charge < -0.3 is 10.2 Å². The molecule has 7 heteroatoms. The molecule has 0 saturated heterocycles. The number of aliphatic hydroxyl groups is 1. The summed E-state index contributed by atoms with van der Waals surface area (Å²) in [6.45, 7) is 0.0779. The van der Waals surface area contributed by atoms with Gasteiger partial charge in [0.2, 0.25) is 10.0 Å². The quantitative estimate of drug-likeness (QED) is 0.657. The third-order valence-corrected chi connectivity index (χ3v) is 3.70. The van der Waals surface area contributed by atoms with Crippen molar-refractivity contribution in [3.8, 4) is 0 Å². The first kappa shape index (κ1) is 15.5. The van der Waals surface area contributed by atoms with E-state index in [1.54, 1.807) is 18.2 Å². The van der Waals surface area contributed by atoms with E-state index in [4.69, 9.17) is 10.2 Å². The summed E-state index contributed by atoms with van der Waals surface area (Å²) < 4.78 is 25.6. The van der Waals surface area contributed by atoms with E-state index in [0.717, 1.165) is 5.56 Å². The number of hydrogen-bond acceptors (Lipinski definition) is 4. The number of carbonyl (C=O) groups is 1. The molecule has 0 radical (unpaired) electrons. The molecule has 0 fully saturated rings. The van der Waals surface area contributed by atoms with Crippen LogP contribution in [0.5, 0.6) is 0 Å². The van der Waals surface area contributed by atoms with Crippen LogP contribution in [0.1, 0.15) is 18.4 Å². The Kier molecular flexibility index (Phi) is 5.78. The summed E-state index contributed by atoms with van der Waals surface area (Å²) in [4.78, 5) is 10.4. The summed E-state index contributed by atoms with van der Waals surface area (Å²) >= 11 is 0. The van der Waals surface area contributed by atoms with Crippen LogP contribution in [0.15, 0.2) is 24.3 Å². The molecule has 0 spiro atoms. The summed E-state index contributed by atoms with van der Waals surface area (Å²) in [5.41, 5.74) is 1.31. The first-order chi connectivity index (χ1) is 8.93. The van der Waals surface area contributed by atoms with Crippen molar-refractivity contribution >= 4 is 21.7 Å². The third-order valence-electron chi connectivity index (χ3n) is 2.41. The molecule has 0 amide bonds. The summed E-state index contributed by atoms with van der Waals surface area (Å²) in [6, 6.07) is 6.82. The van der Waals surface area contributed by atoms with Crippen molar-refractivity contribution in [3.05, 3.63) is 29.8 Å². The lowest BCUT2D eigenvalue weighted by Gasteiger charge is -2.08. The predicted octanol–water partition coefficient (Wildman–Crippen LogP) is 0.828. The average molecular weight is 287 g/mol. The minimum Gasteiger partial charge on any atom is -0.481 e. The monoisotopic (exact) mass is 287 g/mol. The minimum atomic E-state index is -3.65. The second-order valence-electron chi connectivity index (χ2n) is 4.09. The van der Waals surface area contributed by atoms with E-state index in [2.05, 4.69) is 4.72 Å². The molecule has 0 aliphatic carbocycles. The summed E-state index contributed by atoms with van der Waals surface area (Å²) in [6.07, 6.45) is 0.829. The Bertz CT molecular complexity index is 527. The Hall–Kier alpha value is -1.60. The summed E-state index contributed by atoms with van der Waals surface area (Å²) in [5, 5.41) is 17.2. The molecule has 1 aromatic carbocycles. The van der Waals surface area contributed by atoms with Crippen molar-refractivity contribution < 1.29 is 23.4 Å². The van der Waals surface area contributed by atoms with Gasteiger partial charge in [0.25, 0.3) is 0 Å². The standard InChI is InChI=1S/C12H17NO5S/c14-7-2-4-10-3-1-5-11(9-10)13-19(17,18)8-6-12(15)16/h1,3,5,9,13-14H,2,4,6-8H2,(H,15,16). The molecule has 19 heavy (non-hydrogen) atoms. The first-order valence-corrected chi connectivity index (χ1v) is 7.50. The first-order valence-electron chi connectivity index (χ1n) is 5.85. The van der Waals surface area contributed by atoms with Crippen molar-refractivity contribution in [1.29, 1.82) is 0 Å². The number of carboxylic acid groups (broad SMARTS) is 1. The van der Waals surface area contributed by atoms with Gasteiger partial charge in [0.05, 0.1) is 12.2 Å². The van der Waals surface area contributed by atoms with Crippen LogP contribution >= 0.6 is 0 Å². The Balaban J connectivity index is 2.68. The van der Waals surface area contributed by atoms with E-state index < -0.39 is 28.2 Å². The highest BCUT2D eigenvalue weighted by Crippen LogP contribution is 2.14. The maximum absolute atomic E-state index is 11.6. The van der Waals surface area contributed by atoms with Gasteiger partial charge in [-0.15, -0.1) is 0 Å². The molecule has 0 atom stereocenters. The minimum absolute atomic E-state index is 0.0779. The van der Waals surface area contributed by atoms with Crippen LogP contribution in [0.25, 0.3) is 0 Å². The van der Waals surface area contributed by atoms with Crippen LogP contribution in [0.3, 0.4) is 0 Å². The molecule has 1 aromatic rings. The third kappa shape index (κ3) is 6.21. The van der Waals surface area contributed by atoms with Crippen LogP contribution in [-0.2, 0) is 21.2 Å². The lowest BCUT2D eigenvalue weighted by Crippen LogP contribution is -2.18. The zero-order valence-corrected chi connectivity index (χ0v) is 11.2. The highest BCUT2D eigenvalue weighted by atomic mass is 32.2. The second kappa shape index (κ2) is 7.10. The lowest BCUT2D eigenvalue weighted by molar-refractivity contribution is -0.136. The SMILES string of the molecule is O=C(O)CCS(=O)(=O)Nc1cccc(CCCO)c1. The van der Waals surface area contributed by atoms with E-state index in [1.807, 2.05) is 6.07 Å². The topological polar surface area (TPSA) is 104 Å². The van der Waals surface area contributed by atoms with Crippen LogP contribution in [0.2, 0.25) is 0 Å². The van der Waals surface area contributed by atoms with Gasteiger partial charge in [-0.05, 0) is 30.5 Å². The highest BCUT2D eigenvalue weighted by Gasteiger charge is 2.12. The molecular formula is C12H17NO5S. The van der Waals surface area contributed by atoms with Crippen LogP contribution < -0.4 is 4.72 Å². The number of aliphatic hydroxyl groups excluding tert-OH is 1. The number of rotatable bonds is 8. The van der Waals surface area contributed by atoms with Crippen LogP contribution in [0, 0.1) is 0 Å². The maximum Gasteiger partial charge on any atom is 0.304 e. The van der Waals surface area contributed by atoms with E-state index in [9.17, 15) is 13.2 Å². The largest absolute Gasteiger partial charge is 0.481 e. The normalized spacial score (nSPS) is 11.2. The van der Waals surface area contributed by atoms with Gasteiger partial charge in [-0.1, -0.05) is 12.1 Å². The smallest absolute Gasteiger partial charge is 0.304 e. The zero-order chi connectivity index (χ0) is 14.3. The molecule has 0 unspecified atom stereocenters. The number of sulfonamides is 1. The zero-order valence-electron chi connectivity index (χ0n) is 10.4. The number of hydrogen-bond donors (Lipinski definition) is 3. The Morgan fingerprint density at radius 1 is 1.32 bits per heavy atom. The summed E-state index contributed by atoms with van der Waals surface area (Å²) in [5.74, 6) is -1.61. The Morgan fingerprint density at radius 2 is 2.05 bits per heavy atom. The molecule has 6 nitrogen and oxygen atoms in total. The number of aryl methyl sites for hydroxylation is 1. The van der Waals surface area contributed by atoms with Gasteiger partial charge in [-0.25, -0.2) is 8.42 Å². The van der Waals surface area contributed by atoms with Gasteiger partial charge in [0.1, 0.15) is 0 Å². The van der Waals surface area contributed by atoms with Crippen molar-refractivity contribution in [2.45, 2.75) is 19.3 Å². The van der Waals surface area contributed by atoms with E-state index in [-0.39, 0.29) is 6.61 Å². The number of benzene rings is 1. The maximum atomic E-state index is 11.6. The van der Waals surface area contributed by atoms with E-state index >= 15 is 0 Å². The fourth-order valence-electron chi connectivity index (χ4n) is 1.53.